The highest BCUT2D eigenvalue weighted by molar-refractivity contribution is 7.91. The van der Waals surface area contributed by atoms with Gasteiger partial charge in [-0.25, -0.2) is 8.42 Å². The summed E-state index contributed by atoms with van der Waals surface area (Å²) >= 11 is 0. The van der Waals surface area contributed by atoms with Crippen LogP contribution in [0.15, 0.2) is 48.5 Å². The third-order valence-corrected chi connectivity index (χ3v) is 6.73. The lowest BCUT2D eigenvalue weighted by atomic mass is 10.1. The lowest BCUT2D eigenvalue weighted by molar-refractivity contribution is 0.204. The molecule has 146 valence electrons. The fourth-order valence-electron chi connectivity index (χ4n) is 3.40. The number of anilines is 2. The van der Waals surface area contributed by atoms with Gasteiger partial charge in [-0.3, -0.25) is 4.90 Å². The predicted octanol–water partition coefficient (Wildman–Crippen LogP) is 1.63. The Labute approximate surface area is 161 Å². The average Bonchev–Trinajstić information content (AvgIpc) is 3.00. The van der Waals surface area contributed by atoms with E-state index < -0.39 is 9.84 Å². The van der Waals surface area contributed by atoms with Crippen LogP contribution in [0.1, 0.15) is 17.5 Å². The molecule has 0 aromatic heterocycles. The molecule has 1 atom stereocenters. The summed E-state index contributed by atoms with van der Waals surface area (Å²) in [5.41, 5.74) is 15.3. The Kier molecular flexibility index (Phi) is 6.36. The lowest BCUT2D eigenvalue weighted by Crippen LogP contribution is -2.40. The monoisotopic (exact) mass is 388 g/mol. The molecule has 0 radical (unpaired) electrons. The minimum absolute atomic E-state index is 0.0749. The van der Waals surface area contributed by atoms with Crippen LogP contribution in [-0.4, -0.2) is 44.0 Å². The Bertz CT molecular complexity index is 835. The van der Waals surface area contributed by atoms with E-state index in [-0.39, 0.29) is 17.5 Å². The molecule has 1 fully saturated rings. The number of nitrogens with two attached hydrogens (primary N) is 2. The van der Waals surface area contributed by atoms with Gasteiger partial charge in [0.05, 0.1) is 11.5 Å². The standard InChI is InChI=1S/C20H28N4O2S/c21-18-5-1-16(2-6-18)13-23-10-11-24(20-9-12-27(25,26)15-20)14-17-3-7-19(22)8-4-17/h1-8,20,23H,9-15,21-22H2/t20-/m0/s1. The number of nitrogen functional groups attached to an aromatic ring is 2. The van der Waals surface area contributed by atoms with Crippen LogP contribution < -0.4 is 16.8 Å². The molecule has 0 amide bonds. The zero-order chi connectivity index (χ0) is 19.3. The highest BCUT2D eigenvalue weighted by Crippen LogP contribution is 2.20. The largest absolute Gasteiger partial charge is 0.399 e. The topological polar surface area (TPSA) is 101 Å². The van der Waals surface area contributed by atoms with Crippen LogP contribution in [0, 0.1) is 0 Å². The third-order valence-electron chi connectivity index (χ3n) is 4.97. The molecule has 1 heterocycles. The molecule has 2 aromatic rings. The summed E-state index contributed by atoms with van der Waals surface area (Å²) in [6.07, 6.45) is 0.704. The van der Waals surface area contributed by atoms with Crippen molar-refractivity contribution in [1.82, 2.24) is 10.2 Å². The second-order valence-corrected chi connectivity index (χ2v) is 9.42. The molecule has 7 heteroatoms. The van der Waals surface area contributed by atoms with Crippen LogP contribution in [-0.2, 0) is 22.9 Å². The van der Waals surface area contributed by atoms with E-state index in [1.807, 2.05) is 48.5 Å². The van der Waals surface area contributed by atoms with Crippen LogP contribution in [0.2, 0.25) is 0 Å². The first-order valence-electron chi connectivity index (χ1n) is 9.25. The molecule has 5 N–H and O–H groups in total. The van der Waals surface area contributed by atoms with E-state index in [1.54, 1.807) is 0 Å². The average molecular weight is 389 g/mol. The second-order valence-electron chi connectivity index (χ2n) is 7.19. The number of hydrogen-bond acceptors (Lipinski definition) is 6. The Morgan fingerprint density at radius 1 is 0.963 bits per heavy atom. The van der Waals surface area contributed by atoms with Crippen LogP contribution in [0.3, 0.4) is 0 Å². The molecule has 0 saturated carbocycles. The minimum atomic E-state index is -2.91. The first-order chi connectivity index (χ1) is 12.9. The fraction of sp³-hybridized carbons (Fsp3) is 0.400. The Balaban J connectivity index is 1.57. The van der Waals surface area contributed by atoms with Crippen LogP contribution in [0.4, 0.5) is 11.4 Å². The van der Waals surface area contributed by atoms with Crippen molar-refractivity contribution >= 4 is 21.2 Å². The van der Waals surface area contributed by atoms with Gasteiger partial charge in [-0.15, -0.1) is 0 Å². The van der Waals surface area contributed by atoms with Crippen molar-refractivity contribution in [2.24, 2.45) is 0 Å². The number of benzene rings is 2. The van der Waals surface area contributed by atoms with E-state index in [1.165, 1.54) is 5.56 Å². The highest BCUT2D eigenvalue weighted by atomic mass is 32.2. The van der Waals surface area contributed by atoms with Gasteiger partial charge in [0.15, 0.2) is 9.84 Å². The van der Waals surface area contributed by atoms with Gasteiger partial charge in [-0.1, -0.05) is 24.3 Å². The van der Waals surface area contributed by atoms with E-state index in [0.29, 0.717) is 6.42 Å². The van der Waals surface area contributed by atoms with Gasteiger partial charge in [-0.2, -0.15) is 0 Å². The van der Waals surface area contributed by atoms with Crippen molar-refractivity contribution in [3.8, 4) is 0 Å². The van der Waals surface area contributed by atoms with Gasteiger partial charge in [-0.05, 0) is 41.8 Å². The molecule has 1 aliphatic rings. The first kappa shape index (κ1) is 19.7. The van der Waals surface area contributed by atoms with Crippen molar-refractivity contribution in [1.29, 1.82) is 0 Å². The maximum absolute atomic E-state index is 11.9. The number of hydrogen-bond donors (Lipinski definition) is 3. The molecule has 0 spiro atoms. The summed E-state index contributed by atoms with van der Waals surface area (Å²) in [5.74, 6) is 0.536. The molecule has 3 rings (SSSR count). The molecule has 0 bridgehead atoms. The molecule has 1 saturated heterocycles. The summed E-state index contributed by atoms with van der Waals surface area (Å²) < 4.78 is 23.8. The molecule has 2 aromatic carbocycles. The van der Waals surface area contributed by atoms with Crippen molar-refractivity contribution in [3.05, 3.63) is 59.7 Å². The highest BCUT2D eigenvalue weighted by Gasteiger charge is 2.31. The zero-order valence-electron chi connectivity index (χ0n) is 15.5. The van der Waals surface area contributed by atoms with Crippen molar-refractivity contribution in [3.63, 3.8) is 0 Å². The van der Waals surface area contributed by atoms with E-state index in [4.69, 9.17) is 11.5 Å². The molecule has 0 aliphatic carbocycles. The molecule has 27 heavy (non-hydrogen) atoms. The van der Waals surface area contributed by atoms with E-state index in [9.17, 15) is 8.42 Å². The Morgan fingerprint density at radius 2 is 1.56 bits per heavy atom. The van der Waals surface area contributed by atoms with Crippen LogP contribution >= 0.6 is 0 Å². The van der Waals surface area contributed by atoms with Crippen molar-refractivity contribution in [2.75, 3.05) is 36.1 Å². The minimum Gasteiger partial charge on any atom is -0.399 e. The van der Waals surface area contributed by atoms with Gasteiger partial charge < -0.3 is 16.8 Å². The summed E-state index contributed by atoms with van der Waals surface area (Å²) in [4.78, 5) is 2.27. The second kappa shape index (κ2) is 8.73. The van der Waals surface area contributed by atoms with Gasteiger partial charge in [0.1, 0.15) is 0 Å². The molecule has 6 nitrogen and oxygen atoms in total. The van der Waals surface area contributed by atoms with Crippen LogP contribution in [0.25, 0.3) is 0 Å². The first-order valence-corrected chi connectivity index (χ1v) is 11.1. The quantitative estimate of drug-likeness (QED) is 0.469. The zero-order valence-corrected chi connectivity index (χ0v) is 16.3. The molecule has 1 aliphatic heterocycles. The molecular weight excluding hydrogens is 360 g/mol. The van der Waals surface area contributed by atoms with Gasteiger partial charge in [0, 0.05) is 43.6 Å². The van der Waals surface area contributed by atoms with Gasteiger partial charge in [0.2, 0.25) is 0 Å². The SMILES string of the molecule is Nc1ccc(CNCCN(Cc2ccc(N)cc2)[C@H]2CCS(=O)(=O)C2)cc1. The molecular formula is C20H28N4O2S. The van der Waals surface area contributed by atoms with Crippen molar-refractivity contribution < 1.29 is 8.42 Å². The summed E-state index contributed by atoms with van der Waals surface area (Å²) in [5, 5.41) is 3.44. The molecule has 0 unspecified atom stereocenters. The normalized spacial score (nSPS) is 18.8. The third kappa shape index (κ3) is 5.95. The maximum Gasteiger partial charge on any atom is 0.151 e. The smallest absolute Gasteiger partial charge is 0.151 e. The lowest BCUT2D eigenvalue weighted by Gasteiger charge is -2.28. The van der Waals surface area contributed by atoms with Gasteiger partial charge >= 0.3 is 0 Å². The van der Waals surface area contributed by atoms with E-state index in [2.05, 4.69) is 10.2 Å². The van der Waals surface area contributed by atoms with E-state index in [0.717, 1.165) is 43.1 Å². The van der Waals surface area contributed by atoms with Gasteiger partial charge in [0.25, 0.3) is 0 Å². The Morgan fingerprint density at radius 3 is 2.11 bits per heavy atom. The van der Waals surface area contributed by atoms with Crippen molar-refractivity contribution in [2.45, 2.75) is 25.6 Å². The fourth-order valence-corrected chi connectivity index (χ4v) is 5.16. The maximum atomic E-state index is 11.9. The number of rotatable bonds is 8. The van der Waals surface area contributed by atoms with E-state index >= 15 is 0 Å². The Hall–Kier alpha value is -2.09. The summed E-state index contributed by atoms with van der Waals surface area (Å²) in [7, 11) is -2.91. The number of sulfone groups is 1. The number of nitrogens with zero attached hydrogens (tertiary/aromatic N) is 1. The number of nitrogens with one attached hydrogen (secondary N) is 1. The van der Waals surface area contributed by atoms with Crippen LogP contribution in [0.5, 0.6) is 0 Å². The summed E-state index contributed by atoms with van der Waals surface area (Å²) in [6.45, 7) is 3.07. The predicted molar refractivity (Wildman–Crippen MR) is 111 cm³/mol. The summed E-state index contributed by atoms with van der Waals surface area (Å²) in [6, 6.07) is 15.7.